The molecule has 0 radical (unpaired) electrons. The number of nitrogens with zero attached hydrogens (tertiary/aromatic N) is 3. The van der Waals surface area contributed by atoms with Crippen LogP contribution < -0.4 is 0 Å². The molecule has 1 N–H and O–H groups in total. The van der Waals surface area contributed by atoms with Crippen LogP contribution in [0.2, 0.25) is 0 Å². The van der Waals surface area contributed by atoms with Gasteiger partial charge in [-0.3, -0.25) is 0 Å². The number of aliphatic hydroxyl groups excluding tert-OH is 1. The topological polar surface area (TPSA) is 50.9 Å². The Kier molecular flexibility index (Phi) is 3.26. The molecule has 0 saturated carbocycles. The standard InChI is InChI=1S/C11H13N3OS/c1-14-10(7-12-13-14)11(15)8-3-5-9(16-2)6-4-8/h3-7,11,15H,1-2H3. The predicted molar refractivity (Wildman–Crippen MR) is 63.3 cm³/mol. The van der Waals surface area contributed by atoms with E-state index in [0.29, 0.717) is 5.69 Å². The first-order chi connectivity index (χ1) is 7.72. The highest BCUT2D eigenvalue weighted by Crippen LogP contribution is 2.23. The molecular formula is C11H13N3OS. The van der Waals surface area contributed by atoms with E-state index in [9.17, 15) is 5.11 Å². The maximum Gasteiger partial charge on any atom is 0.122 e. The Morgan fingerprint density at radius 2 is 2.00 bits per heavy atom. The van der Waals surface area contributed by atoms with Crippen molar-refractivity contribution in [3.63, 3.8) is 0 Å². The fourth-order valence-corrected chi connectivity index (χ4v) is 1.91. The summed E-state index contributed by atoms with van der Waals surface area (Å²) in [6, 6.07) is 7.83. The Morgan fingerprint density at radius 1 is 1.31 bits per heavy atom. The van der Waals surface area contributed by atoms with Crippen molar-refractivity contribution in [2.45, 2.75) is 11.0 Å². The van der Waals surface area contributed by atoms with Crippen molar-refractivity contribution in [1.82, 2.24) is 15.0 Å². The van der Waals surface area contributed by atoms with E-state index in [1.807, 2.05) is 30.5 Å². The quantitative estimate of drug-likeness (QED) is 0.821. The summed E-state index contributed by atoms with van der Waals surface area (Å²) in [6.07, 6.45) is 2.93. The molecule has 84 valence electrons. The fourth-order valence-electron chi connectivity index (χ4n) is 1.50. The number of aryl methyl sites for hydroxylation is 1. The van der Waals surface area contributed by atoms with E-state index < -0.39 is 6.10 Å². The number of thioether (sulfide) groups is 1. The molecule has 2 aromatic rings. The Bertz CT molecular complexity index is 466. The number of aliphatic hydroxyl groups is 1. The Morgan fingerprint density at radius 3 is 2.50 bits per heavy atom. The van der Waals surface area contributed by atoms with Crippen LogP contribution in [0.25, 0.3) is 0 Å². The predicted octanol–water partition coefficient (Wildman–Crippen LogP) is 1.62. The Labute approximate surface area is 98.3 Å². The highest BCUT2D eigenvalue weighted by Gasteiger charge is 2.14. The van der Waals surface area contributed by atoms with E-state index in [0.717, 1.165) is 5.56 Å². The molecule has 16 heavy (non-hydrogen) atoms. The van der Waals surface area contributed by atoms with Gasteiger partial charge < -0.3 is 5.11 Å². The zero-order chi connectivity index (χ0) is 11.5. The van der Waals surface area contributed by atoms with Crippen LogP contribution in [0.4, 0.5) is 0 Å². The third kappa shape index (κ3) is 2.10. The van der Waals surface area contributed by atoms with Crippen molar-refractivity contribution in [2.24, 2.45) is 7.05 Å². The molecule has 1 atom stereocenters. The number of rotatable bonds is 3. The first-order valence-corrected chi connectivity index (χ1v) is 6.11. The largest absolute Gasteiger partial charge is 0.382 e. The summed E-state index contributed by atoms with van der Waals surface area (Å²) < 4.78 is 1.58. The lowest BCUT2D eigenvalue weighted by Crippen LogP contribution is -2.06. The van der Waals surface area contributed by atoms with E-state index in [2.05, 4.69) is 10.3 Å². The van der Waals surface area contributed by atoms with Gasteiger partial charge >= 0.3 is 0 Å². The van der Waals surface area contributed by atoms with E-state index in [4.69, 9.17) is 0 Å². The zero-order valence-electron chi connectivity index (χ0n) is 9.16. The molecular weight excluding hydrogens is 222 g/mol. The van der Waals surface area contributed by atoms with Crippen LogP contribution in [0.5, 0.6) is 0 Å². The molecule has 0 aliphatic rings. The van der Waals surface area contributed by atoms with Gasteiger partial charge in [0.15, 0.2) is 0 Å². The van der Waals surface area contributed by atoms with Crippen LogP contribution in [-0.2, 0) is 7.05 Å². The van der Waals surface area contributed by atoms with Gasteiger partial charge in [-0.25, -0.2) is 4.68 Å². The van der Waals surface area contributed by atoms with Gasteiger partial charge in [0, 0.05) is 11.9 Å². The molecule has 0 aliphatic heterocycles. The molecule has 0 amide bonds. The summed E-state index contributed by atoms with van der Waals surface area (Å²) in [5.74, 6) is 0. The monoisotopic (exact) mass is 235 g/mol. The van der Waals surface area contributed by atoms with Crippen LogP contribution in [0.3, 0.4) is 0 Å². The molecule has 1 unspecified atom stereocenters. The lowest BCUT2D eigenvalue weighted by molar-refractivity contribution is 0.209. The first kappa shape index (κ1) is 11.2. The van der Waals surface area contributed by atoms with Crippen molar-refractivity contribution >= 4 is 11.8 Å². The van der Waals surface area contributed by atoms with Crippen molar-refractivity contribution in [2.75, 3.05) is 6.26 Å². The average Bonchev–Trinajstić information content (AvgIpc) is 2.75. The molecule has 1 aromatic heterocycles. The number of hydrogen-bond acceptors (Lipinski definition) is 4. The third-order valence-electron chi connectivity index (χ3n) is 2.46. The van der Waals surface area contributed by atoms with E-state index in [-0.39, 0.29) is 0 Å². The SMILES string of the molecule is CSc1ccc(C(O)c2cnnn2C)cc1. The van der Waals surface area contributed by atoms with Crippen LogP contribution in [0, 0.1) is 0 Å². The lowest BCUT2D eigenvalue weighted by Gasteiger charge is -2.10. The van der Waals surface area contributed by atoms with Gasteiger partial charge in [0.1, 0.15) is 6.10 Å². The van der Waals surface area contributed by atoms with Crippen LogP contribution in [-0.4, -0.2) is 26.4 Å². The summed E-state index contributed by atoms with van der Waals surface area (Å²) in [7, 11) is 1.77. The normalized spacial score (nSPS) is 12.7. The minimum absolute atomic E-state index is 0.670. The van der Waals surface area contributed by atoms with Crippen molar-refractivity contribution < 1.29 is 5.11 Å². The molecule has 0 spiro atoms. The van der Waals surface area contributed by atoms with Gasteiger partial charge in [-0.2, -0.15) is 0 Å². The number of aromatic nitrogens is 3. The number of hydrogen-bond donors (Lipinski definition) is 1. The highest BCUT2D eigenvalue weighted by molar-refractivity contribution is 7.98. The Balaban J connectivity index is 2.27. The second-order valence-electron chi connectivity index (χ2n) is 3.46. The maximum absolute atomic E-state index is 10.1. The molecule has 1 heterocycles. The molecule has 4 nitrogen and oxygen atoms in total. The molecule has 0 fully saturated rings. The van der Waals surface area contributed by atoms with E-state index >= 15 is 0 Å². The second-order valence-corrected chi connectivity index (χ2v) is 4.34. The van der Waals surface area contributed by atoms with Crippen LogP contribution >= 0.6 is 11.8 Å². The highest BCUT2D eigenvalue weighted by atomic mass is 32.2. The molecule has 5 heteroatoms. The summed E-state index contributed by atoms with van der Waals surface area (Å²) in [6.45, 7) is 0. The van der Waals surface area contributed by atoms with Gasteiger partial charge in [-0.1, -0.05) is 17.3 Å². The van der Waals surface area contributed by atoms with E-state index in [1.54, 1.807) is 29.7 Å². The smallest absolute Gasteiger partial charge is 0.122 e. The van der Waals surface area contributed by atoms with Crippen LogP contribution in [0.15, 0.2) is 35.4 Å². The minimum Gasteiger partial charge on any atom is -0.382 e. The van der Waals surface area contributed by atoms with Gasteiger partial charge in [0.2, 0.25) is 0 Å². The number of benzene rings is 1. The Hall–Kier alpha value is -1.33. The molecule has 1 aromatic carbocycles. The molecule has 0 bridgehead atoms. The first-order valence-electron chi connectivity index (χ1n) is 4.89. The van der Waals surface area contributed by atoms with Crippen LogP contribution in [0.1, 0.15) is 17.4 Å². The average molecular weight is 235 g/mol. The maximum atomic E-state index is 10.1. The summed E-state index contributed by atoms with van der Waals surface area (Å²) in [4.78, 5) is 1.18. The van der Waals surface area contributed by atoms with E-state index in [1.165, 1.54) is 4.90 Å². The lowest BCUT2D eigenvalue weighted by atomic mass is 10.1. The molecule has 2 rings (SSSR count). The zero-order valence-corrected chi connectivity index (χ0v) is 9.98. The fraction of sp³-hybridized carbons (Fsp3) is 0.273. The minimum atomic E-state index is -0.670. The van der Waals surface area contributed by atoms with Gasteiger partial charge in [0.05, 0.1) is 11.9 Å². The summed E-state index contributed by atoms with van der Waals surface area (Å²) >= 11 is 1.68. The summed E-state index contributed by atoms with van der Waals surface area (Å²) in [5.41, 5.74) is 1.54. The molecule has 0 aliphatic carbocycles. The van der Waals surface area contributed by atoms with Crippen molar-refractivity contribution in [1.29, 1.82) is 0 Å². The van der Waals surface area contributed by atoms with Crippen molar-refractivity contribution in [3.8, 4) is 0 Å². The molecule has 0 saturated heterocycles. The second kappa shape index (κ2) is 4.67. The van der Waals surface area contributed by atoms with Crippen molar-refractivity contribution in [3.05, 3.63) is 41.7 Å². The summed E-state index contributed by atoms with van der Waals surface area (Å²) in [5, 5.41) is 17.7. The van der Waals surface area contributed by atoms with Gasteiger partial charge in [-0.15, -0.1) is 16.9 Å². The van der Waals surface area contributed by atoms with Gasteiger partial charge in [0.25, 0.3) is 0 Å². The van der Waals surface area contributed by atoms with Gasteiger partial charge in [-0.05, 0) is 24.0 Å². The third-order valence-corrected chi connectivity index (χ3v) is 3.20.